The maximum atomic E-state index is 5.93. The standard InChI is InChI=1S/C17H11BrClN5/c18-11-4-7-13-15(9-11)20-14(16(13)17-21-23-24-22-17)8-3-10-1-5-12(19)6-2-10/h1-9,20H,(H,21,22,23,24). The molecule has 7 heteroatoms. The second kappa shape index (κ2) is 6.22. The first-order valence-electron chi connectivity index (χ1n) is 7.19. The number of tetrazole rings is 1. The quantitative estimate of drug-likeness (QED) is 0.512. The molecular weight excluding hydrogens is 390 g/mol. The molecule has 5 nitrogen and oxygen atoms in total. The van der Waals surface area contributed by atoms with Gasteiger partial charge in [0.2, 0.25) is 5.82 Å². The van der Waals surface area contributed by atoms with Crippen molar-refractivity contribution in [2.24, 2.45) is 0 Å². The third-order valence-electron chi connectivity index (χ3n) is 3.67. The van der Waals surface area contributed by atoms with Gasteiger partial charge in [0.25, 0.3) is 0 Å². The van der Waals surface area contributed by atoms with E-state index in [9.17, 15) is 0 Å². The van der Waals surface area contributed by atoms with Crippen LogP contribution in [0, 0.1) is 0 Å². The molecule has 0 fully saturated rings. The molecule has 0 aliphatic heterocycles. The van der Waals surface area contributed by atoms with Gasteiger partial charge in [0.05, 0.1) is 11.3 Å². The summed E-state index contributed by atoms with van der Waals surface area (Å²) in [6.45, 7) is 0. The lowest BCUT2D eigenvalue weighted by Crippen LogP contribution is -1.83. The van der Waals surface area contributed by atoms with Crippen LogP contribution in [0.25, 0.3) is 34.4 Å². The summed E-state index contributed by atoms with van der Waals surface area (Å²) in [7, 11) is 0. The Morgan fingerprint density at radius 1 is 1.04 bits per heavy atom. The number of rotatable bonds is 3. The van der Waals surface area contributed by atoms with Crippen LogP contribution in [0.15, 0.2) is 46.9 Å². The normalized spacial score (nSPS) is 11.6. The third-order valence-corrected chi connectivity index (χ3v) is 4.42. The Morgan fingerprint density at radius 2 is 1.88 bits per heavy atom. The summed E-state index contributed by atoms with van der Waals surface area (Å²) in [5.74, 6) is 0.555. The van der Waals surface area contributed by atoms with Crippen molar-refractivity contribution in [3.05, 3.63) is 63.2 Å². The molecule has 0 saturated carbocycles. The van der Waals surface area contributed by atoms with E-state index in [1.54, 1.807) is 0 Å². The lowest BCUT2D eigenvalue weighted by molar-refractivity contribution is 0.881. The average molecular weight is 401 g/mol. The molecule has 118 valence electrons. The van der Waals surface area contributed by atoms with Gasteiger partial charge in [-0.3, -0.25) is 0 Å². The number of hydrogen-bond acceptors (Lipinski definition) is 3. The molecule has 2 N–H and O–H groups in total. The molecule has 0 unspecified atom stereocenters. The van der Waals surface area contributed by atoms with Crippen molar-refractivity contribution in [2.75, 3.05) is 0 Å². The van der Waals surface area contributed by atoms with E-state index in [0.717, 1.165) is 37.2 Å². The van der Waals surface area contributed by atoms with Crippen molar-refractivity contribution in [1.29, 1.82) is 0 Å². The van der Waals surface area contributed by atoms with Gasteiger partial charge in [0.1, 0.15) is 0 Å². The molecule has 24 heavy (non-hydrogen) atoms. The number of nitrogens with zero attached hydrogens (tertiary/aromatic N) is 3. The van der Waals surface area contributed by atoms with E-state index in [0.29, 0.717) is 5.82 Å². The predicted octanol–water partition coefficient (Wildman–Crippen LogP) is 4.93. The third kappa shape index (κ3) is 2.86. The maximum Gasteiger partial charge on any atom is 0.207 e. The highest BCUT2D eigenvalue weighted by Crippen LogP contribution is 2.32. The molecule has 0 bridgehead atoms. The van der Waals surface area contributed by atoms with Crippen LogP contribution >= 0.6 is 27.5 Å². The van der Waals surface area contributed by atoms with Gasteiger partial charge in [0, 0.05) is 20.4 Å². The minimum atomic E-state index is 0.555. The van der Waals surface area contributed by atoms with E-state index in [-0.39, 0.29) is 0 Å². The second-order valence-corrected chi connectivity index (χ2v) is 6.58. The summed E-state index contributed by atoms with van der Waals surface area (Å²) in [5.41, 5.74) is 3.88. The minimum absolute atomic E-state index is 0.555. The van der Waals surface area contributed by atoms with Crippen molar-refractivity contribution in [3.63, 3.8) is 0 Å². The van der Waals surface area contributed by atoms with Crippen LogP contribution in [-0.4, -0.2) is 25.6 Å². The molecule has 2 aromatic carbocycles. The van der Waals surface area contributed by atoms with E-state index in [1.165, 1.54) is 0 Å². The maximum absolute atomic E-state index is 5.93. The van der Waals surface area contributed by atoms with Crippen molar-refractivity contribution >= 4 is 50.6 Å². The van der Waals surface area contributed by atoms with Crippen molar-refractivity contribution < 1.29 is 0 Å². The lowest BCUT2D eigenvalue weighted by atomic mass is 10.1. The molecule has 4 rings (SSSR count). The van der Waals surface area contributed by atoms with Gasteiger partial charge in [-0.25, -0.2) is 0 Å². The van der Waals surface area contributed by atoms with E-state index in [1.807, 2.05) is 54.6 Å². The van der Waals surface area contributed by atoms with E-state index in [4.69, 9.17) is 11.6 Å². The summed E-state index contributed by atoms with van der Waals surface area (Å²) in [6, 6.07) is 13.7. The first-order chi connectivity index (χ1) is 11.7. The molecular formula is C17H11BrClN5. The molecule has 4 aromatic rings. The van der Waals surface area contributed by atoms with Crippen LogP contribution < -0.4 is 0 Å². The second-order valence-electron chi connectivity index (χ2n) is 5.22. The Labute approximate surface area is 150 Å². The molecule has 0 radical (unpaired) electrons. The van der Waals surface area contributed by atoms with E-state index >= 15 is 0 Å². The molecule has 0 amide bonds. The van der Waals surface area contributed by atoms with Gasteiger partial charge in [-0.2, -0.15) is 5.21 Å². The fraction of sp³-hybridized carbons (Fsp3) is 0. The molecule has 0 spiro atoms. The van der Waals surface area contributed by atoms with Crippen LogP contribution in [0.4, 0.5) is 0 Å². The monoisotopic (exact) mass is 399 g/mol. The Bertz CT molecular complexity index is 1020. The van der Waals surface area contributed by atoms with Crippen molar-refractivity contribution in [2.45, 2.75) is 0 Å². The Balaban J connectivity index is 1.84. The van der Waals surface area contributed by atoms with Crippen molar-refractivity contribution in [3.8, 4) is 11.4 Å². The number of fused-ring (bicyclic) bond motifs is 1. The number of halogens is 2. The van der Waals surface area contributed by atoms with Gasteiger partial charge in [-0.15, -0.1) is 10.2 Å². The van der Waals surface area contributed by atoms with E-state index < -0.39 is 0 Å². The zero-order chi connectivity index (χ0) is 16.5. The topological polar surface area (TPSA) is 70.2 Å². The SMILES string of the molecule is Clc1ccc(C=Cc2[nH]c3cc(Br)ccc3c2-c2nn[nH]n2)cc1. The molecule has 0 saturated heterocycles. The minimum Gasteiger partial charge on any atom is -0.354 e. The summed E-state index contributed by atoms with van der Waals surface area (Å²) in [6.07, 6.45) is 4.02. The number of H-pyrrole nitrogens is 2. The molecule has 0 aliphatic rings. The number of aromatic amines is 2. The van der Waals surface area contributed by atoms with Gasteiger partial charge in [0.15, 0.2) is 0 Å². The number of aromatic nitrogens is 5. The number of hydrogen-bond donors (Lipinski definition) is 2. The first kappa shape index (κ1) is 15.1. The van der Waals surface area contributed by atoms with Gasteiger partial charge >= 0.3 is 0 Å². The Kier molecular flexibility index (Phi) is 3.92. The predicted molar refractivity (Wildman–Crippen MR) is 99.6 cm³/mol. The van der Waals surface area contributed by atoms with Gasteiger partial charge < -0.3 is 4.98 Å². The van der Waals surface area contributed by atoms with Gasteiger partial charge in [-0.1, -0.05) is 51.8 Å². The zero-order valence-electron chi connectivity index (χ0n) is 12.3. The van der Waals surface area contributed by atoms with E-state index in [2.05, 4.69) is 41.5 Å². The lowest BCUT2D eigenvalue weighted by Gasteiger charge is -1.96. The molecule has 2 aromatic heterocycles. The van der Waals surface area contributed by atoms with Gasteiger partial charge in [-0.05, 0) is 41.1 Å². The highest BCUT2D eigenvalue weighted by Gasteiger charge is 2.15. The average Bonchev–Trinajstić information content (AvgIpc) is 3.20. The summed E-state index contributed by atoms with van der Waals surface area (Å²) < 4.78 is 1.00. The molecule has 2 heterocycles. The largest absolute Gasteiger partial charge is 0.354 e. The van der Waals surface area contributed by atoms with Crippen LogP contribution in [0.2, 0.25) is 5.02 Å². The highest BCUT2D eigenvalue weighted by atomic mass is 79.9. The summed E-state index contributed by atoms with van der Waals surface area (Å²) >= 11 is 9.43. The molecule has 0 atom stereocenters. The smallest absolute Gasteiger partial charge is 0.207 e. The fourth-order valence-corrected chi connectivity index (χ4v) is 3.06. The summed E-state index contributed by atoms with van der Waals surface area (Å²) in [4.78, 5) is 3.41. The number of nitrogens with one attached hydrogen (secondary N) is 2. The first-order valence-corrected chi connectivity index (χ1v) is 8.36. The Morgan fingerprint density at radius 3 is 2.62 bits per heavy atom. The Hall–Kier alpha value is -2.44. The highest BCUT2D eigenvalue weighted by molar-refractivity contribution is 9.10. The molecule has 0 aliphatic carbocycles. The fourth-order valence-electron chi connectivity index (χ4n) is 2.58. The van der Waals surface area contributed by atoms with Crippen molar-refractivity contribution in [1.82, 2.24) is 25.6 Å². The summed E-state index contributed by atoms with van der Waals surface area (Å²) in [5, 5.41) is 16.2. The van der Waals surface area contributed by atoms with Crippen LogP contribution in [0.3, 0.4) is 0 Å². The number of benzene rings is 2. The zero-order valence-corrected chi connectivity index (χ0v) is 14.6. The van der Waals surface area contributed by atoms with Crippen LogP contribution in [0.1, 0.15) is 11.3 Å². The van der Waals surface area contributed by atoms with Crippen LogP contribution in [-0.2, 0) is 0 Å². The van der Waals surface area contributed by atoms with Crippen LogP contribution in [0.5, 0.6) is 0 Å².